The number of carbonyl (C=O) groups excluding carboxylic acids is 6. The van der Waals surface area contributed by atoms with Crippen LogP contribution in [0, 0.1) is 0 Å². The summed E-state index contributed by atoms with van der Waals surface area (Å²) in [5.41, 5.74) is -0.110. The van der Waals surface area contributed by atoms with Crippen LogP contribution < -0.4 is 10.6 Å². The Morgan fingerprint density at radius 3 is 1.19 bits per heavy atom. The van der Waals surface area contributed by atoms with Crippen molar-refractivity contribution in [2.24, 2.45) is 0 Å². The van der Waals surface area contributed by atoms with Crippen molar-refractivity contribution >= 4 is 47.0 Å². The molecule has 0 radical (unpaired) electrons. The van der Waals surface area contributed by atoms with E-state index in [4.69, 9.17) is 0 Å². The Morgan fingerprint density at radius 2 is 0.969 bits per heavy atom. The molecule has 2 amide bonds. The van der Waals surface area contributed by atoms with Gasteiger partial charge in [-0.3, -0.25) is 29.4 Å². The van der Waals surface area contributed by atoms with Crippen LogP contribution in [0.2, 0.25) is 0 Å². The van der Waals surface area contributed by atoms with Crippen molar-refractivity contribution in [1.29, 1.82) is 0 Å². The number of nitrogens with one attached hydrogen (secondary N) is 4. The lowest BCUT2D eigenvalue weighted by molar-refractivity contribution is -0.115. The minimum atomic E-state index is -0.714. The molecule has 0 aliphatic rings. The van der Waals surface area contributed by atoms with Crippen LogP contribution in [-0.4, -0.2) is 69.9 Å². The minimum Gasteiger partial charge on any atom is -0.464 e. The summed E-state index contributed by atoms with van der Waals surface area (Å²) < 4.78 is 8.94. The Balaban J connectivity index is 0.000000320. The van der Waals surface area contributed by atoms with Crippen molar-refractivity contribution < 1.29 is 38.2 Å². The molecule has 172 valence electrons. The first-order chi connectivity index (χ1) is 14.9. The fourth-order valence-electron chi connectivity index (χ4n) is 2.38. The zero-order chi connectivity index (χ0) is 24.6. The number of H-pyrrole nitrogens is 2. The molecule has 2 aromatic rings. The van der Waals surface area contributed by atoms with E-state index in [1.807, 2.05) is 0 Å². The van der Waals surface area contributed by atoms with E-state index in [9.17, 15) is 28.8 Å². The highest BCUT2D eigenvalue weighted by Gasteiger charge is 2.24. The molecule has 2 aromatic heterocycles. The number of amides is 2. The van der Waals surface area contributed by atoms with E-state index in [0.717, 1.165) is 0 Å². The Bertz CT molecular complexity index is 983. The van der Waals surface area contributed by atoms with E-state index >= 15 is 0 Å². The van der Waals surface area contributed by atoms with Gasteiger partial charge < -0.3 is 20.1 Å². The van der Waals surface area contributed by atoms with Crippen LogP contribution in [0.3, 0.4) is 0 Å². The number of methoxy groups -OCH3 is 2. The number of esters is 2. The van der Waals surface area contributed by atoms with Crippen molar-refractivity contribution in [3.63, 3.8) is 0 Å². The molecule has 0 saturated carbocycles. The Morgan fingerprint density at radius 1 is 0.656 bits per heavy atom. The standard InChI is InChI=1S/2C9H11N3O4/c2*1-4(13)6-7(9(15)16-3)11-12-8(6)10-5(2)14/h2*1-3H3,(H2,10,11,12,14). The number of aromatic nitrogens is 4. The normalized spacial score (nSPS) is 9.69. The van der Waals surface area contributed by atoms with Crippen molar-refractivity contribution in [1.82, 2.24) is 20.4 Å². The summed E-state index contributed by atoms with van der Waals surface area (Å²) in [6.45, 7) is 5.08. The van der Waals surface area contributed by atoms with Crippen LogP contribution >= 0.6 is 0 Å². The lowest BCUT2D eigenvalue weighted by atomic mass is 10.1. The van der Waals surface area contributed by atoms with Crippen molar-refractivity contribution in [3.05, 3.63) is 22.5 Å². The molecule has 0 spiro atoms. The topological polar surface area (TPSA) is 202 Å². The minimum absolute atomic E-state index is 0.0158. The van der Waals surface area contributed by atoms with Gasteiger partial charge in [0.1, 0.15) is 0 Å². The number of anilines is 2. The number of Topliss-reactive ketones (excluding diaryl/α,β-unsaturated/α-hetero) is 2. The SMILES string of the molecule is COC(=O)c1[nH]nc(NC(C)=O)c1C(C)=O.COC(=O)c1[nH]nc(NC(C)=O)c1C(C)=O. The van der Waals surface area contributed by atoms with E-state index in [-0.39, 0.29) is 46.0 Å². The van der Waals surface area contributed by atoms with Crippen LogP contribution in [-0.2, 0) is 19.1 Å². The zero-order valence-corrected chi connectivity index (χ0v) is 18.2. The average Bonchev–Trinajstić information content (AvgIpc) is 3.30. The summed E-state index contributed by atoms with van der Waals surface area (Å²) in [4.78, 5) is 66.9. The number of rotatable bonds is 6. The van der Waals surface area contributed by atoms with Gasteiger partial charge in [-0.15, -0.1) is 0 Å². The summed E-state index contributed by atoms with van der Waals surface area (Å²) >= 11 is 0. The number of ketones is 2. The second-order valence-corrected chi connectivity index (χ2v) is 6.10. The monoisotopic (exact) mass is 450 g/mol. The first-order valence-corrected chi connectivity index (χ1v) is 8.84. The van der Waals surface area contributed by atoms with Gasteiger partial charge in [-0.05, 0) is 13.8 Å². The molecule has 0 aliphatic carbocycles. The molecule has 0 saturated heterocycles. The van der Waals surface area contributed by atoms with Gasteiger partial charge in [0.25, 0.3) is 0 Å². The summed E-state index contributed by atoms with van der Waals surface area (Å²) in [5, 5.41) is 16.7. The first-order valence-electron chi connectivity index (χ1n) is 8.84. The number of hydrogen-bond donors (Lipinski definition) is 4. The second-order valence-electron chi connectivity index (χ2n) is 6.10. The van der Waals surface area contributed by atoms with Gasteiger partial charge >= 0.3 is 11.9 Å². The van der Waals surface area contributed by atoms with Crippen molar-refractivity contribution in [3.8, 4) is 0 Å². The smallest absolute Gasteiger partial charge is 0.356 e. The van der Waals surface area contributed by atoms with Gasteiger partial charge in [0.05, 0.1) is 25.3 Å². The summed E-state index contributed by atoms with van der Waals surface area (Å²) in [6.07, 6.45) is 0. The molecule has 0 unspecified atom stereocenters. The van der Waals surface area contributed by atoms with Gasteiger partial charge in [-0.2, -0.15) is 10.2 Å². The third-order valence-corrected chi connectivity index (χ3v) is 3.60. The highest BCUT2D eigenvalue weighted by atomic mass is 16.5. The van der Waals surface area contributed by atoms with Crippen LogP contribution in [0.25, 0.3) is 0 Å². The maximum Gasteiger partial charge on any atom is 0.356 e. The number of nitrogens with zero attached hydrogens (tertiary/aromatic N) is 2. The summed E-state index contributed by atoms with van der Waals surface area (Å²) in [5.74, 6) is -2.92. The lowest BCUT2D eigenvalue weighted by Gasteiger charge is -2.00. The second kappa shape index (κ2) is 11.1. The van der Waals surface area contributed by atoms with Gasteiger partial charge in [-0.25, -0.2) is 9.59 Å². The molecule has 32 heavy (non-hydrogen) atoms. The van der Waals surface area contributed by atoms with E-state index in [1.165, 1.54) is 41.9 Å². The Kier molecular flexibility index (Phi) is 8.94. The molecule has 0 fully saturated rings. The zero-order valence-electron chi connectivity index (χ0n) is 18.2. The molecule has 4 N–H and O–H groups in total. The molecule has 0 atom stereocenters. The van der Waals surface area contributed by atoms with Crippen LogP contribution in [0.15, 0.2) is 0 Å². The lowest BCUT2D eigenvalue weighted by Crippen LogP contribution is -2.12. The Labute approximate surface area is 181 Å². The Hall–Kier alpha value is -4.36. The number of carbonyl (C=O) groups is 6. The molecular weight excluding hydrogens is 428 g/mol. The molecule has 0 aliphatic heterocycles. The fraction of sp³-hybridized carbons (Fsp3) is 0.333. The summed E-state index contributed by atoms with van der Waals surface area (Å²) in [7, 11) is 2.37. The summed E-state index contributed by atoms with van der Waals surface area (Å²) in [6, 6.07) is 0. The molecule has 0 bridgehead atoms. The predicted octanol–water partition coefficient (Wildman–Crippen LogP) is 0.715. The van der Waals surface area contributed by atoms with Gasteiger partial charge in [0.2, 0.25) is 11.8 Å². The largest absolute Gasteiger partial charge is 0.464 e. The van der Waals surface area contributed by atoms with E-state index < -0.39 is 23.5 Å². The third-order valence-electron chi connectivity index (χ3n) is 3.60. The maximum absolute atomic E-state index is 11.3. The highest BCUT2D eigenvalue weighted by molar-refractivity contribution is 6.10. The molecular formula is C18H22N6O8. The van der Waals surface area contributed by atoms with Crippen molar-refractivity contribution in [2.75, 3.05) is 24.9 Å². The highest BCUT2D eigenvalue weighted by Crippen LogP contribution is 2.19. The van der Waals surface area contributed by atoms with Gasteiger partial charge in [-0.1, -0.05) is 0 Å². The van der Waals surface area contributed by atoms with E-state index in [0.29, 0.717) is 0 Å². The molecule has 14 heteroatoms. The third kappa shape index (κ3) is 6.32. The van der Waals surface area contributed by atoms with E-state index in [2.05, 4.69) is 40.5 Å². The molecule has 0 aromatic carbocycles. The van der Waals surface area contributed by atoms with Crippen molar-refractivity contribution in [2.45, 2.75) is 27.7 Å². The average molecular weight is 450 g/mol. The molecule has 14 nitrogen and oxygen atoms in total. The number of hydrogen-bond acceptors (Lipinski definition) is 10. The molecule has 2 heterocycles. The van der Waals surface area contributed by atoms with Gasteiger partial charge in [0, 0.05) is 13.8 Å². The predicted molar refractivity (Wildman–Crippen MR) is 108 cm³/mol. The van der Waals surface area contributed by atoms with Gasteiger partial charge in [0.15, 0.2) is 34.6 Å². The fourth-order valence-corrected chi connectivity index (χ4v) is 2.38. The number of aromatic amines is 2. The van der Waals surface area contributed by atoms with E-state index in [1.54, 1.807) is 0 Å². The van der Waals surface area contributed by atoms with Crippen LogP contribution in [0.4, 0.5) is 11.6 Å². The number of ether oxygens (including phenoxy) is 2. The molecule has 2 rings (SSSR count). The first kappa shape index (κ1) is 25.7. The quantitative estimate of drug-likeness (QED) is 0.358. The van der Waals surface area contributed by atoms with Crippen LogP contribution in [0.5, 0.6) is 0 Å². The van der Waals surface area contributed by atoms with Crippen LogP contribution in [0.1, 0.15) is 69.4 Å². The maximum atomic E-state index is 11.3.